The number of carbonyl (C=O) groups excluding carboxylic acids is 6. The van der Waals surface area contributed by atoms with Gasteiger partial charge in [0.05, 0.1) is 35.5 Å². The first-order valence-electron chi connectivity index (χ1n) is 16.3. The van der Waals surface area contributed by atoms with Crippen LogP contribution in [0, 0.1) is 0 Å². The predicted octanol–water partition coefficient (Wildman–Crippen LogP) is 4.86. The van der Waals surface area contributed by atoms with Gasteiger partial charge in [0, 0.05) is 12.2 Å². The summed E-state index contributed by atoms with van der Waals surface area (Å²) >= 11 is 0. The third-order valence-electron chi connectivity index (χ3n) is 8.03. The van der Waals surface area contributed by atoms with Crippen LogP contribution >= 0.6 is 0 Å². The van der Waals surface area contributed by atoms with Crippen molar-refractivity contribution >= 4 is 35.8 Å². The van der Waals surface area contributed by atoms with E-state index < -0.39 is 60.2 Å². The fourth-order valence-electron chi connectivity index (χ4n) is 5.33. The van der Waals surface area contributed by atoms with Crippen molar-refractivity contribution in [2.45, 2.75) is 24.4 Å². The summed E-state index contributed by atoms with van der Waals surface area (Å²) in [7, 11) is 0. The Kier molecular flexibility index (Phi) is 11.4. The first kappa shape index (κ1) is 36.9. The molecule has 2 fully saturated rings. The zero-order valence-electron chi connectivity index (χ0n) is 28.2. The number of esters is 6. The van der Waals surface area contributed by atoms with E-state index in [1.165, 1.54) is 97.1 Å². The van der Waals surface area contributed by atoms with E-state index in [2.05, 4.69) is 13.2 Å². The lowest BCUT2D eigenvalue weighted by molar-refractivity contribution is -0.129. The molecular formula is C40H30O14. The van der Waals surface area contributed by atoms with Gasteiger partial charge in [0.2, 0.25) is 0 Å². The Morgan fingerprint density at radius 2 is 0.722 bits per heavy atom. The molecule has 274 valence electrons. The molecule has 4 aromatic rings. The second-order valence-corrected chi connectivity index (χ2v) is 11.6. The molecule has 0 spiro atoms. The highest BCUT2D eigenvalue weighted by molar-refractivity contribution is 5.93. The Labute approximate surface area is 307 Å². The van der Waals surface area contributed by atoms with E-state index in [4.69, 9.17) is 37.9 Å². The number of fused-ring (bicyclic) bond motifs is 1. The van der Waals surface area contributed by atoms with E-state index in [9.17, 15) is 28.8 Å². The average Bonchev–Trinajstić information content (AvgIpc) is 3.78. The molecule has 2 heterocycles. The first-order valence-corrected chi connectivity index (χ1v) is 16.3. The molecule has 0 saturated carbocycles. The van der Waals surface area contributed by atoms with Crippen LogP contribution in [0.5, 0.6) is 23.0 Å². The number of rotatable bonds is 12. The summed E-state index contributed by atoms with van der Waals surface area (Å²) in [4.78, 5) is 73.6. The van der Waals surface area contributed by atoms with Gasteiger partial charge >= 0.3 is 35.8 Å². The number of carbonyl (C=O) groups is 6. The summed E-state index contributed by atoms with van der Waals surface area (Å²) in [6, 6.07) is 23.0. The van der Waals surface area contributed by atoms with Crippen molar-refractivity contribution in [2.75, 3.05) is 13.2 Å². The van der Waals surface area contributed by atoms with Crippen molar-refractivity contribution in [3.8, 4) is 23.0 Å². The van der Waals surface area contributed by atoms with Gasteiger partial charge in [0.15, 0.2) is 12.2 Å². The largest absolute Gasteiger partial charge is 0.453 e. The van der Waals surface area contributed by atoms with Gasteiger partial charge in [0.25, 0.3) is 0 Å². The maximum atomic E-state index is 12.9. The Hall–Kier alpha value is -6.90. The topological polar surface area (TPSA) is 176 Å². The van der Waals surface area contributed by atoms with Crippen LogP contribution in [0.3, 0.4) is 0 Å². The highest BCUT2D eigenvalue weighted by Crippen LogP contribution is 2.32. The molecule has 14 nitrogen and oxygen atoms in total. The lowest BCUT2D eigenvalue weighted by atomic mass is 10.1. The van der Waals surface area contributed by atoms with E-state index in [1.54, 1.807) is 0 Å². The summed E-state index contributed by atoms with van der Waals surface area (Å²) in [5.41, 5.74) is 0.791. The smallest absolute Gasteiger partial charge is 0.343 e. The summed E-state index contributed by atoms with van der Waals surface area (Å²) in [6.07, 6.45) is -0.864. The zero-order chi connectivity index (χ0) is 38.2. The Morgan fingerprint density at radius 1 is 0.444 bits per heavy atom. The molecule has 0 amide bonds. The normalized spacial score (nSPS) is 18.3. The van der Waals surface area contributed by atoms with E-state index >= 15 is 0 Å². The Balaban J connectivity index is 0.958. The van der Waals surface area contributed by atoms with Crippen LogP contribution in [0.1, 0.15) is 41.4 Å². The summed E-state index contributed by atoms with van der Waals surface area (Å²) in [5, 5.41) is 0. The second kappa shape index (κ2) is 16.6. The van der Waals surface area contributed by atoms with Crippen molar-refractivity contribution in [2.24, 2.45) is 0 Å². The standard InChI is InChI=1S/C40H30O14/c1-3-33(41)49-27-13-5-23(6-14-27)37(43)51-29-17-9-25(10-18-29)39(45)53-31-21-47-36-32(22-48-35(31)36)54-40(46)26-11-19-30(20-12-26)52-38(44)24-7-15-28(16-8-24)50-34(42)4-2/h3-20,31-32,35-36H,1-2,21-22H2/t31-,32+,35-,36-/m0/s1. The fraction of sp³-hybridized carbons (Fsp3) is 0.150. The molecule has 0 aromatic heterocycles. The summed E-state index contributed by atoms with van der Waals surface area (Å²) in [5.74, 6) is -3.09. The van der Waals surface area contributed by atoms with Crippen molar-refractivity contribution in [3.63, 3.8) is 0 Å². The van der Waals surface area contributed by atoms with Crippen molar-refractivity contribution in [1.29, 1.82) is 0 Å². The molecule has 0 N–H and O–H groups in total. The minimum atomic E-state index is -0.773. The monoisotopic (exact) mass is 734 g/mol. The van der Waals surface area contributed by atoms with Crippen LogP contribution in [0.25, 0.3) is 0 Å². The Morgan fingerprint density at radius 3 is 1.02 bits per heavy atom. The molecule has 2 aliphatic heterocycles. The van der Waals surface area contributed by atoms with Crippen LogP contribution < -0.4 is 18.9 Å². The molecule has 4 aromatic carbocycles. The molecule has 0 radical (unpaired) electrons. The van der Waals surface area contributed by atoms with Gasteiger partial charge in [-0.2, -0.15) is 0 Å². The van der Waals surface area contributed by atoms with Gasteiger partial charge in [-0.15, -0.1) is 0 Å². The SMILES string of the molecule is C=CC(=O)Oc1ccc(C(=O)Oc2ccc(C(=O)O[C@H]3CO[C@@H]4[C@H]3OC[C@H]4OC(=O)c3ccc(OC(=O)c4ccc(OC(=O)C=C)cc4)cc3)cc2)cc1. The molecule has 54 heavy (non-hydrogen) atoms. The van der Waals surface area contributed by atoms with E-state index in [1.807, 2.05) is 0 Å². The lowest BCUT2D eigenvalue weighted by Crippen LogP contribution is -2.36. The quantitative estimate of drug-likeness (QED) is 0.110. The third-order valence-corrected chi connectivity index (χ3v) is 8.03. The van der Waals surface area contributed by atoms with Crippen molar-refractivity contribution < 1.29 is 66.7 Å². The molecular weight excluding hydrogens is 704 g/mol. The van der Waals surface area contributed by atoms with E-state index in [-0.39, 0.29) is 58.5 Å². The molecule has 0 aliphatic carbocycles. The van der Waals surface area contributed by atoms with Gasteiger partial charge in [-0.25, -0.2) is 28.8 Å². The molecule has 0 bridgehead atoms. The third kappa shape index (κ3) is 8.93. The van der Waals surface area contributed by atoms with Gasteiger partial charge in [-0.05, 0) is 97.1 Å². The van der Waals surface area contributed by atoms with Crippen molar-refractivity contribution in [3.05, 3.63) is 145 Å². The van der Waals surface area contributed by atoms with Gasteiger partial charge in [-0.3, -0.25) is 0 Å². The average molecular weight is 735 g/mol. The number of ether oxygens (including phenoxy) is 8. The van der Waals surface area contributed by atoms with Gasteiger partial charge < -0.3 is 37.9 Å². The van der Waals surface area contributed by atoms with Crippen LogP contribution in [0.2, 0.25) is 0 Å². The maximum absolute atomic E-state index is 12.9. The van der Waals surface area contributed by atoms with Crippen LogP contribution in [0.4, 0.5) is 0 Å². The molecule has 4 atom stereocenters. The maximum Gasteiger partial charge on any atom is 0.343 e. The van der Waals surface area contributed by atoms with Crippen LogP contribution in [0.15, 0.2) is 122 Å². The minimum absolute atomic E-state index is 0.0131. The molecule has 6 rings (SSSR count). The summed E-state index contributed by atoms with van der Waals surface area (Å²) < 4.78 is 43.6. The van der Waals surface area contributed by atoms with E-state index in [0.717, 1.165) is 12.2 Å². The minimum Gasteiger partial charge on any atom is -0.453 e. The summed E-state index contributed by atoms with van der Waals surface area (Å²) in [6.45, 7) is 6.67. The molecule has 2 saturated heterocycles. The van der Waals surface area contributed by atoms with Crippen LogP contribution in [-0.4, -0.2) is 73.4 Å². The van der Waals surface area contributed by atoms with Crippen LogP contribution in [-0.2, 0) is 28.5 Å². The van der Waals surface area contributed by atoms with E-state index in [0.29, 0.717) is 0 Å². The first-order chi connectivity index (χ1) is 26.1. The highest BCUT2D eigenvalue weighted by atomic mass is 16.7. The molecule has 0 unspecified atom stereocenters. The lowest BCUT2D eigenvalue weighted by Gasteiger charge is -2.17. The number of benzene rings is 4. The zero-order valence-corrected chi connectivity index (χ0v) is 28.2. The van der Waals surface area contributed by atoms with Crippen molar-refractivity contribution in [1.82, 2.24) is 0 Å². The van der Waals surface area contributed by atoms with Gasteiger partial charge in [0.1, 0.15) is 35.2 Å². The molecule has 2 aliphatic rings. The fourth-order valence-corrected chi connectivity index (χ4v) is 5.33. The van der Waals surface area contributed by atoms with Gasteiger partial charge in [-0.1, -0.05) is 13.2 Å². The number of hydrogen-bond acceptors (Lipinski definition) is 14. The Bertz CT molecular complexity index is 1920. The number of hydrogen-bond donors (Lipinski definition) is 0. The highest BCUT2D eigenvalue weighted by Gasteiger charge is 2.51. The second-order valence-electron chi connectivity index (χ2n) is 11.6. The molecule has 14 heteroatoms. The predicted molar refractivity (Wildman–Crippen MR) is 185 cm³/mol.